The number of nitrogens with zero attached hydrogens (tertiary/aromatic N) is 4. The number of carbonyl (C=O) groups is 1. The number of piperidine rings is 1. The Morgan fingerprint density at radius 2 is 2.04 bits per heavy atom. The van der Waals surface area contributed by atoms with Gasteiger partial charge in [0.25, 0.3) is 0 Å². The number of anilines is 1. The molecule has 0 aliphatic carbocycles. The highest BCUT2D eigenvalue weighted by Gasteiger charge is 2.24. The van der Waals surface area contributed by atoms with E-state index in [0.29, 0.717) is 5.92 Å². The SMILES string of the molecule is CN(C)c1cc([C@@H]2CCCN(C(=O)/C=C/c3ccncc3)C2)ccn1. The molecule has 1 atom stereocenters. The normalized spacial score (nSPS) is 17.7. The van der Waals surface area contributed by atoms with Gasteiger partial charge in [-0.15, -0.1) is 0 Å². The van der Waals surface area contributed by atoms with Crippen molar-refractivity contribution in [1.82, 2.24) is 14.9 Å². The minimum Gasteiger partial charge on any atom is -0.363 e. The molecule has 0 aromatic carbocycles. The van der Waals surface area contributed by atoms with Crippen molar-refractivity contribution < 1.29 is 4.79 Å². The molecule has 2 aromatic heterocycles. The summed E-state index contributed by atoms with van der Waals surface area (Å²) in [6.45, 7) is 1.58. The molecule has 3 heterocycles. The van der Waals surface area contributed by atoms with Gasteiger partial charge in [0.1, 0.15) is 5.82 Å². The number of aromatic nitrogens is 2. The average molecular weight is 336 g/mol. The van der Waals surface area contributed by atoms with Gasteiger partial charge in [0.05, 0.1) is 0 Å². The van der Waals surface area contributed by atoms with Crippen LogP contribution in [0.5, 0.6) is 0 Å². The third-order valence-corrected chi connectivity index (χ3v) is 4.56. The van der Waals surface area contributed by atoms with Crippen LogP contribution in [0.25, 0.3) is 6.08 Å². The van der Waals surface area contributed by atoms with Crippen LogP contribution in [0.3, 0.4) is 0 Å². The Morgan fingerprint density at radius 3 is 2.80 bits per heavy atom. The van der Waals surface area contributed by atoms with Crippen molar-refractivity contribution >= 4 is 17.8 Å². The molecule has 25 heavy (non-hydrogen) atoms. The van der Waals surface area contributed by atoms with E-state index in [4.69, 9.17) is 0 Å². The monoisotopic (exact) mass is 336 g/mol. The van der Waals surface area contributed by atoms with Gasteiger partial charge in [-0.2, -0.15) is 0 Å². The summed E-state index contributed by atoms with van der Waals surface area (Å²) < 4.78 is 0. The number of likely N-dealkylation sites (tertiary alicyclic amines) is 1. The first kappa shape index (κ1) is 17.1. The van der Waals surface area contributed by atoms with Crippen LogP contribution >= 0.6 is 0 Å². The van der Waals surface area contributed by atoms with E-state index in [2.05, 4.69) is 22.1 Å². The summed E-state index contributed by atoms with van der Waals surface area (Å²) in [5, 5.41) is 0. The Balaban J connectivity index is 1.67. The van der Waals surface area contributed by atoms with Crippen LogP contribution in [-0.2, 0) is 4.79 Å². The largest absolute Gasteiger partial charge is 0.363 e. The smallest absolute Gasteiger partial charge is 0.246 e. The lowest BCUT2D eigenvalue weighted by Crippen LogP contribution is -2.38. The number of amides is 1. The zero-order chi connectivity index (χ0) is 17.6. The van der Waals surface area contributed by atoms with Crippen molar-refractivity contribution in [3.8, 4) is 0 Å². The number of carbonyl (C=O) groups excluding carboxylic acids is 1. The maximum absolute atomic E-state index is 12.5. The summed E-state index contributed by atoms with van der Waals surface area (Å²) in [7, 11) is 3.99. The van der Waals surface area contributed by atoms with Crippen molar-refractivity contribution in [2.75, 3.05) is 32.1 Å². The number of hydrogen-bond acceptors (Lipinski definition) is 4. The first-order valence-corrected chi connectivity index (χ1v) is 8.64. The van der Waals surface area contributed by atoms with Crippen molar-refractivity contribution in [2.45, 2.75) is 18.8 Å². The van der Waals surface area contributed by atoms with Gasteiger partial charge in [0, 0.05) is 57.8 Å². The second-order valence-electron chi connectivity index (χ2n) is 6.58. The molecule has 3 rings (SSSR count). The molecule has 130 valence electrons. The van der Waals surface area contributed by atoms with E-state index in [1.807, 2.05) is 48.3 Å². The number of hydrogen-bond donors (Lipinski definition) is 0. The van der Waals surface area contributed by atoms with E-state index >= 15 is 0 Å². The fraction of sp³-hybridized carbons (Fsp3) is 0.350. The van der Waals surface area contributed by atoms with Crippen molar-refractivity contribution in [2.24, 2.45) is 0 Å². The van der Waals surface area contributed by atoms with E-state index in [1.54, 1.807) is 18.5 Å². The molecule has 5 nitrogen and oxygen atoms in total. The van der Waals surface area contributed by atoms with Gasteiger partial charge >= 0.3 is 0 Å². The van der Waals surface area contributed by atoms with Gasteiger partial charge in [-0.1, -0.05) is 0 Å². The fourth-order valence-electron chi connectivity index (χ4n) is 3.13. The summed E-state index contributed by atoms with van der Waals surface area (Å²) in [6.07, 6.45) is 11.0. The van der Waals surface area contributed by atoms with Crippen LogP contribution in [0.1, 0.15) is 29.9 Å². The lowest BCUT2D eigenvalue weighted by atomic mass is 9.91. The zero-order valence-corrected chi connectivity index (χ0v) is 14.8. The maximum Gasteiger partial charge on any atom is 0.246 e. The third-order valence-electron chi connectivity index (χ3n) is 4.56. The van der Waals surface area contributed by atoms with Crippen LogP contribution in [0, 0.1) is 0 Å². The van der Waals surface area contributed by atoms with E-state index in [1.165, 1.54) is 5.56 Å². The summed E-state index contributed by atoms with van der Waals surface area (Å²) in [4.78, 5) is 24.8. The Bertz CT molecular complexity index is 742. The predicted octanol–water partition coefficient (Wildman–Crippen LogP) is 2.96. The second kappa shape index (κ2) is 7.92. The lowest BCUT2D eigenvalue weighted by molar-refractivity contribution is -0.127. The van der Waals surface area contributed by atoms with E-state index in [0.717, 1.165) is 37.3 Å². The topological polar surface area (TPSA) is 49.3 Å². The zero-order valence-electron chi connectivity index (χ0n) is 14.8. The van der Waals surface area contributed by atoms with Gasteiger partial charge in [0.15, 0.2) is 0 Å². The standard InChI is InChI=1S/C20H24N4O/c1-23(2)19-14-17(9-12-22-19)18-4-3-13-24(15-18)20(25)6-5-16-7-10-21-11-8-16/h5-12,14,18H,3-4,13,15H2,1-2H3/b6-5+/t18-/m1/s1. The molecule has 1 aliphatic rings. The predicted molar refractivity (Wildman–Crippen MR) is 100 cm³/mol. The maximum atomic E-state index is 12.5. The molecule has 0 N–H and O–H groups in total. The van der Waals surface area contributed by atoms with Gasteiger partial charge in [-0.05, 0) is 54.3 Å². The molecular formula is C20H24N4O. The molecule has 0 saturated carbocycles. The van der Waals surface area contributed by atoms with Crippen LogP contribution in [0.4, 0.5) is 5.82 Å². The Hall–Kier alpha value is -2.69. The van der Waals surface area contributed by atoms with Crippen LogP contribution < -0.4 is 4.90 Å². The molecule has 1 fully saturated rings. The first-order chi connectivity index (χ1) is 12.1. The molecule has 2 aromatic rings. The molecular weight excluding hydrogens is 312 g/mol. The van der Waals surface area contributed by atoms with Crippen LogP contribution in [-0.4, -0.2) is 48.0 Å². The van der Waals surface area contributed by atoms with Gasteiger partial charge in [-0.25, -0.2) is 4.98 Å². The number of rotatable bonds is 4. The highest BCUT2D eigenvalue weighted by Crippen LogP contribution is 2.28. The molecule has 1 saturated heterocycles. The fourth-order valence-corrected chi connectivity index (χ4v) is 3.13. The second-order valence-corrected chi connectivity index (χ2v) is 6.58. The molecule has 0 radical (unpaired) electrons. The van der Waals surface area contributed by atoms with E-state index in [9.17, 15) is 4.79 Å². The van der Waals surface area contributed by atoms with Crippen molar-refractivity contribution in [1.29, 1.82) is 0 Å². The van der Waals surface area contributed by atoms with E-state index < -0.39 is 0 Å². The summed E-state index contributed by atoms with van der Waals surface area (Å²) >= 11 is 0. The first-order valence-electron chi connectivity index (χ1n) is 8.64. The highest BCUT2D eigenvalue weighted by atomic mass is 16.2. The molecule has 0 spiro atoms. The van der Waals surface area contributed by atoms with Crippen LogP contribution in [0.2, 0.25) is 0 Å². The molecule has 1 aliphatic heterocycles. The number of pyridine rings is 2. The summed E-state index contributed by atoms with van der Waals surface area (Å²) in [6, 6.07) is 7.98. The Labute approximate surface area is 149 Å². The molecule has 1 amide bonds. The Morgan fingerprint density at radius 1 is 1.24 bits per heavy atom. The van der Waals surface area contributed by atoms with Crippen molar-refractivity contribution in [3.63, 3.8) is 0 Å². The summed E-state index contributed by atoms with van der Waals surface area (Å²) in [5.74, 6) is 1.40. The summed E-state index contributed by atoms with van der Waals surface area (Å²) in [5.41, 5.74) is 2.25. The lowest BCUT2D eigenvalue weighted by Gasteiger charge is -2.32. The molecule has 5 heteroatoms. The average Bonchev–Trinajstić information content (AvgIpc) is 2.67. The quantitative estimate of drug-likeness (QED) is 0.806. The third kappa shape index (κ3) is 4.44. The highest BCUT2D eigenvalue weighted by molar-refractivity contribution is 5.91. The van der Waals surface area contributed by atoms with E-state index in [-0.39, 0.29) is 5.91 Å². The van der Waals surface area contributed by atoms with Gasteiger partial charge < -0.3 is 9.80 Å². The van der Waals surface area contributed by atoms with Gasteiger partial charge in [0.2, 0.25) is 5.91 Å². The Kier molecular flexibility index (Phi) is 5.43. The molecule has 0 bridgehead atoms. The van der Waals surface area contributed by atoms with Crippen molar-refractivity contribution in [3.05, 3.63) is 60.1 Å². The van der Waals surface area contributed by atoms with Gasteiger partial charge in [-0.3, -0.25) is 9.78 Å². The minimum absolute atomic E-state index is 0.0726. The molecule has 0 unspecified atom stereocenters. The van der Waals surface area contributed by atoms with Crippen LogP contribution in [0.15, 0.2) is 48.9 Å². The minimum atomic E-state index is 0.0726.